The molecule has 0 radical (unpaired) electrons. The quantitative estimate of drug-likeness (QED) is 0.940. The normalized spacial score (nSPS) is 18.6. The predicted molar refractivity (Wildman–Crippen MR) is 81.3 cm³/mol. The van der Waals surface area contributed by atoms with E-state index in [1.807, 2.05) is 36.1 Å². The maximum Gasteiger partial charge on any atom is 0.289 e. The number of carbonyl (C=O) groups is 1. The number of furan rings is 1. The lowest BCUT2D eigenvalue weighted by atomic mass is 10.1. The molecule has 2 aromatic rings. The van der Waals surface area contributed by atoms with Crippen LogP contribution in [0.1, 0.15) is 41.8 Å². The molecule has 3 rings (SSSR count). The van der Waals surface area contributed by atoms with Crippen LogP contribution in [0.25, 0.3) is 11.0 Å². The van der Waals surface area contributed by atoms with E-state index in [9.17, 15) is 4.79 Å². The number of fused-ring (bicyclic) bond motifs is 1. The molecule has 1 unspecified atom stereocenters. The maximum absolute atomic E-state index is 12.6. The van der Waals surface area contributed by atoms with Crippen molar-refractivity contribution in [3.8, 4) is 0 Å². The second-order valence-corrected chi connectivity index (χ2v) is 5.81. The lowest BCUT2D eigenvalue weighted by Gasteiger charge is -2.23. The monoisotopic (exact) mass is 287 g/mol. The van der Waals surface area contributed by atoms with Crippen LogP contribution in [0.15, 0.2) is 28.7 Å². The minimum atomic E-state index is -0.0238. The van der Waals surface area contributed by atoms with Crippen molar-refractivity contribution < 1.29 is 14.3 Å². The van der Waals surface area contributed by atoms with Crippen molar-refractivity contribution in [2.45, 2.75) is 38.6 Å². The van der Waals surface area contributed by atoms with Crippen LogP contribution in [-0.4, -0.2) is 35.1 Å². The Kier molecular flexibility index (Phi) is 3.97. The van der Waals surface area contributed by atoms with Crippen molar-refractivity contribution in [1.82, 2.24) is 4.90 Å². The molecule has 4 heteroatoms. The maximum atomic E-state index is 12.6. The van der Waals surface area contributed by atoms with Gasteiger partial charge in [-0.1, -0.05) is 11.6 Å². The third kappa shape index (κ3) is 2.81. The Hall–Kier alpha value is -1.81. The number of carbonyl (C=O) groups excluding carboxylic acids is 1. The molecular formula is C17H21NO3. The van der Waals surface area contributed by atoms with Gasteiger partial charge in [0.15, 0.2) is 5.76 Å². The largest absolute Gasteiger partial charge is 0.451 e. The number of amides is 1. The van der Waals surface area contributed by atoms with E-state index in [1.165, 1.54) is 0 Å². The van der Waals surface area contributed by atoms with Crippen LogP contribution in [-0.2, 0) is 0 Å². The number of benzene rings is 1. The molecule has 1 aliphatic rings. The highest BCUT2D eigenvalue weighted by Crippen LogP contribution is 2.26. The summed E-state index contributed by atoms with van der Waals surface area (Å²) in [6.45, 7) is 2.99. The van der Waals surface area contributed by atoms with E-state index in [2.05, 4.69) is 0 Å². The lowest BCUT2D eigenvalue weighted by Crippen LogP contribution is -2.35. The fourth-order valence-electron chi connectivity index (χ4n) is 3.14. The van der Waals surface area contributed by atoms with Crippen molar-refractivity contribution >= 4 is 16.9 Å². The number of aryl methyl sites for hydroxylation is 1. The first-order valence-corrected chi connectivity index (χ1v) is 7.61. The van der Waals surface area contributed by atoms with E-state index in [4.69, 9.17) is 9.52 Å². The van der Waals surface area contributed by atoms with Crippen molar-refractivity contribution in [1.29, 1.82) is 0 Å². The summed E-state index contributed by atoms with van der Waals surface area (Å²) in [6, 6.07) is 8.00. The number of likely N-dealkylation sites (tertiary alicyclic amines) is 1. The molecule has 1 aromatic heterocycles. The summed E-state index contributed by atoms with van der Waals surface area (Å²) in [5, 5.41) is 9.94. The molecule has 0 spiro atoms. The Morgan fingerprint density at radius 1 is 1.43 bits per heavy atom. The third-order valence-electron chi connectivity index (χ3n) is 4.22. The van der Waals surface area contributed by atoms with Crippen LogP contribution in [0.2, 0.25) is 0 Å². The molecule has 1 aliphatic heterocycles. The molecule has 2 heterocycles. The van der Waals surface area contributed by atoms with Gasteiger partial charge in [0.1, 0.15) is 5.58 Å². The zero-order valence-corrected chi connectivity index (χ0v) is 12.3. The molecule has 1 saturated heterocycles. The number of rotatable bonds is 4. The zero-order chi connectivity index (χ0) is 14.8. The van der Waals surface area contributed by atoms with Crippen LogP contribution < -0.4 is 0 Å². The van der Waals surface area contributed by atoms with Gasteiger partial charge in [-0.05, 0) is 50.8 Å². The van der Waals surface area contributed by atoms with Gasteiger partial charge in [-0.2, -0.15) is 0 Å². The second kappa shape index (κ2) is 5.90. The first-order chi connectivity index (χ1) is 10.2. The molecule has 112 valence electrons. The molecule has 0 saturated carbocycles. The molecule has 0 aliphatic carbocycles. The second-order valence-electron chi connectivity index (χ2n) is 5.81. The molecule has 21 heavy (non-hydrogen) atoms. The SMILES string of the molecule is Cc1ccc2oc(C(=O)N3CCCC3CCCO)cc2c1. The number of aliphatic hydroxyl groups is 1. The van der Waals surface area contributed by atoms with E-state index >= 15 is 0 Å². The van der Waals surface area contributed by atoms with Gasteiger partial charge < -0.3 is 14.4 Å². The number of hydrogen-bond acceptors (Lipinski definition) is 3. The average Bonchev–Trinajstić information content (AvgIpc) is 3.10. The number of nitrogens with zero attached hydrogens (tertiary/aromatic N) is 1. The minimum Gasteiger partial charge on any atom is -0.451 e. The number of hydrogen-bond donors (Lipinski definition) is 1. The summed E-state index contributed by atoms with van der Waals surface area (Å²) in [6.07, 6.45) is 3.65. The molecule has 1 amide bonds. The molecule has 1 atom stereocenters. The van der Waals surface area contributed by atoms with Gasteiger partial charge in [0.2, 0.25) is 0 Å². The average molecular weight is 287 g/mol. The van der Waals surface area contributed by atoms with Crippen LogP contribution in [0.4, 0.5) is 0 Å². The molecule has 4 nitrogen and oxygen atoms in total. The van der Waals surface area contributed by atoms with Crippen LogP contribution in [0.5, 0.6) is 0 Å². The van der Waals surface area contributed by atoms with Crippen LogP contribution in [0.3, 0.4) is 0 Å². The van der Waals surface area contributed by atoms with E-state index in [0.717, 1.165) is 48.8 Å². The van der Waals surface area contributed by atoms with Crippen molar-refractivity contribution in [3.05, 3.63) is 35.6 Å². The summed E-state index contributed by atoms with van der Waals surface area (Å²) >= 11 is 0. The highest BCUT2D eigenvalue weighted by Gasteiger charge is 2.30. The fraction of sp³-hybridized carbons (Fsp3) is 0.471. The predicted octanol–water partition coefficient (Wildman–Crippen LogP) is 3.12. The molecule has 0 bridgehead atoms. The van der Waals surface area contributed by atoms with E-state index in [1.54, 1.807) is 0 Å². The highest BCUT2D eigenvalue weighted by molar-refractivity contribution is 5.96. The van der Waals surface area contributed by atoms with Gasteiger partial charge in [-0.15, -0.1) is 0 Å². The Morgan fingerprint density at radius 3 is 3.10 bits per heavy atom. The Balaban J connectivity index is 1.82. The summed E-state index contributed by atoms with van der Waals surface area (Å²) in [4.78, 5) is 14.5. The van der Waals surface area contributed by atoms with Crippen molar-refractivity contribution in [2.24, 2.45) is 0 Å². The fourth-order valence-corrected chi connectivity index (χ4v) is 3.14. The summed E-state index contributed by atoms with van der Waals surface area (Å²) < 4.78 is 5.71. The molecule has 1 aromatic carbocycles. The summed E-state index contributed by atoms with van der Waals surface area (Å²) in [5.41, 5.74) is 1.92. The Labute approximate surface area is 124 Å². The Morgan fingerprint density at radius 2 is 2.29 bits per heavy atom. The molecule has 1 N–H and O–H groups in total. The standard InChI is InChI=1S/C17H21NO3/c1-12-6-7-15-13(10-12)11-16(21-15)17(20)18-8-2-4-14(18)5-3-9-19/h6-7,10-11,14,19H,2-5,8-9H2,1H3. The van der Waals surface area contributed by atoms with Gasteiger partial charge in [0.25, 0.3) is 5.91 Å². The van der Waals surface area contributed by atoms with Crippen molar-refractivity contribution in [3.63, 3.8) is 0 Å². The summed E-state index contributed by atoms with van der Waals surface area (Å²) in [5.74, 6) is 0.399. The first-order valence-electron chi connectivity index (χ1n) is 7.61. The van der Waals surface area contributed by atoms with E-state index in [0.29, 0.717) is 5.76 Å². The van der Waals surface area contributed by atoms with Gasteiger partial charge in [-0.3, -0.25) is 4.79 Å². The van der Waals surface area contributed by atoms with Gasteiger partial charge in [-0.25, -0.2) is 0 Å². The topological polar surface area (TPSA) is 53.7 Å². The number of aliphatic hydroxyl groups excluding tert-OH is 1. The van der Waals surface area contributed by atoms with E-state index in [-0.39, 0.29) is 18.6 Å². The highest BCUT2D eigenvalue weighted by atomic mass is 16.3. The smallest absolute Gasteiger partial charge is 0.289 e. The molecule has 1 fully saturated rings. The van der Waals surface area contributed by atoms with E-state index < -0.39 is 0 Å². The van der Waals surface area contributed by atoms with Gasteiger partial charge in [0.05, 0.1) is 0 Å². The van der Waals surface area contributed by atoms with Crippen molar-refractivity contribution in [2.75, 3.05) is 13.2 Å². The summed E-state index contributed by atoms with van der Waals surface area (Å²) in [7, 11) is 0. The van der Waals surface area contributed by atoms with Crippen LogP contribution in [0, 0.1) is 6.92 Å². The van der Waals surface area contributed by atoms with Gasteiger partial charge >= 0.3 is 0 Å². The molecular weight excluding hydrogens is 266 g/mol. The third-order valence-corrected chi connectivity index (χ3v) is 4.22. The zero-order valence-electron chi connectivity index (χ0n) is 12.3. The lowest BCUT2D eigenvalue weighted by molar-refractivity contribution is 0.0694. The first kappa shape index (κ1) is 14.1. The Bertz CT molecular complexity index is 647. The van der Waals surface area contributed by atoms with Gasteiger partial charge in [0, 0.05) is 24.6 Å². The van der Waals surface area contributed by atoms with Crippen LogP contribution >= 0.6 is 0 Å². The minimum absolute atomic E-state index is 0.0238.